The van der Waals surface area contributed by atoms with Crippen LogP contribution in [0.4, 0.5) is 0 Å². The Kier molecular flexibility index (Phi) is 5.01. The van der Waals surface area contributed by atoms with Crippen LogP contribution in [-0.2, 0) is 0 Å². The third-order valence-electron chi connectivity index (χ3n) is 2.98. The van der Waals surface area contributed by atoms with Crippen molar-refractivity contribution in [2.75, 3.05) is 0 Å². The van der Waals surface area contributed by atoms with Gasteiger partial charge in [0.1, 0.15) is 0 Å². The molecule has 0 bridgehead atoms. The van der Waals surface area contributed by atoms with Gasteiger partial charge in [0, 0.05) is 0 Å². The van der Waals surface area contributed by atoms with Gasteiger partial charge in [0.15, 0.2) is 0 Å². The van der Waals surface area contributed by atoms with E-state index in [1.807, 2.05) is 0 Å². The molecule has 10 heavy (non-hydrogen) atoms. The minimum absolute atomic E-state index is 0. The van der Waals surface area contributed by atoms with Crippen molar-refractivity contribution in [2.45, 2.75) is 41.5 Å². The lowest BCUT2D eigenvalue weighted by molar-refractivity contribution is 0.165. The second-order valence-electron chi connectivity index (χ2n) is 4.13. The van der Waals surface area contributed by atoms with E-state index in [2.05, 4.69) is 41.5 Å². The molecule has 0 spiro atoms. The summed E-state index contributed by atoms with van der Waals surface area (Å²) < 4.78 is 0. The van der Waals surface area contributed by atoms with Crippen LogP contribution < -0.4 is 0 Å². The van der Waals surface area contributed by atoms with Gasteiger partial charge in [-0.25, -0.2) is 0 Å². The molecule has 0 aromatic rings. The number of rotatable bonds is 2. The average Bonchev–Trinajstić information content (AvgIpc) is 1.65. The van der Waals surface area contributed by atoms with Crippen molar-refractivity contribution in [2.24, 2.45) is 17.3 Å². The molecule has 1 nitrogen and oxygen atoms in total. The molecule has 0 saturated carbocycles. The van der Waals surface area contributed by atoms with E-state index in [9.17, 15) is 0 Å². The van der Waals surface area contributed by atoms with Gasteiger partial charge < -0.3 is 5.48 Å². The molecular weight excluding hydrogens is 124 g/mol. The molecule has 0 aromatic carbocycles. The zero-order valence-electron chi connectivity index (χ0n) is 8.15. The van der Waals surface area contributed by atoms with E-state index in [4.69, 9.17) is 0 Å². The SMILES string of the molecule is CC(C)C(C)(C)C(C)C.O. The van der Waals surface area contributed by atoms with Gasteiger partial charge >= 0.3 is 0 Å². The molecule has 0 saturated heterocycles. The van der Waals surface area contributed by atoms with E-state index < -0.39 is 0 Å². The van der Waals surface area contributed by atoms with E-state index in [1.165, 1.54) is 0 Å². The quantitative estimate of drug-likeness (QED) is 0.573. The van der Waals surface area contributed by atoms with Gasteiger partial charge in [-0.1, -0.05) is 41.5 Å². The Bertz CT molecular complexity index is 72.7. The first-order valence-electron chi connectivity index (χ1n) is 3.89. The standard InChI is InChI=1S/C9H20.H2O/c1-7(2)9(5,6)8(3)4;/h7-8H,1-6H3;1H2. The Morgan fingerprint density at radius 1 is 0.800 bits per heavy atom. The highest BCUT2D eigenvalue weighted by Gasteiger charge is 2.25. The molecule has 1 heteroatoms. The maximum absolute atomic E-state index is 2.34. The summed E-state index contributed by atoms with van der Waals surface area (Å²) in [6, 6.07) is 0. The van der Waals surface area contributed by atoms with Gasteiger partial charge in [-0.3, -0.25) is 0 Å². The summed E-state index contributed by atoms with van der Waals surface area (Å²) in [5, 5.41) is 0. The smallest absolute Gasteiger partial charge is 0.0308 e. The lowest BCUT2D eigenvalue weighted by atomic mass is 9.72. The highest BCUT2D eigenvalue weighted by atomic mass is 16.0. The molecule has 0 amide bonds. The summed E-state index contributed by atoms with van der Waals surface area (Å²) in [5.74, 6) is 1.58. The van der Waals surface area contributed by atoms with E-state index in [0.717, 1.165) is 11.8 Å². The molecule has 0 fully saturated rings. The Morgan fingerprint density at radius 3 is 1.00 bits per heavy atom. The first-order chi connectivity index (χ1) is 3.89. The van der Waals surface area contributed by atoms with E-state index >= 15 is 0 Å². The van der Waals surface area contributed by atoms with Crippen LogP contribution in [0.15, 0.2) is 0 Å². The summed E-state index contributed by atoms with van der Waals surface area (Å²) in [6.45, 7) is 13.8. The molecule has 0 aromatic heterocycles. The van der Waals surface area contributed by atoms with E-state index in [0.29, 0.717) is 5.41 Å². The van der Waals surface area contributed by atoms with E-state index in [1.54, 1.807) is 0 Å². The summed E-state index contributed by atoms with van der Waals surface area (Å²) in [6.07, 6.45) is 0. The Balaban J connectivity index is 0. The summed E-state index contributed by atoms with van der Waals surface area (Å²) in [5.41, 5.74) is 0.500. The van der Waals surface area contributed by atoms with Crippen LogP contribution in [0.1, 0.15) is 41.5 Å². The average molecular weight is 146 g/mol. The predicted molar refractivity (Wildman–Crippen MR) is 47.1 cm³/mol. The van der Waals surface area contributed by atoms with Crippen molar-refractivity contribution in [3.05, 3.63) is 0 Å². The molecule has 0 heterocycles. The highest BCUT2D eigenvalue weighted by Crippen LogP contribution is 2.33. The molecule has 64 valence electrons. The maximum atomic E-state index is 2.34. The largest absolute Gasteiger partial charge is 0.412 e. The minimum atomic E-state index is 0. The fourth-order valence-electron chi connectivity index (χ4n) is 0.667. The molecule has 0 aliphatic heterocycles. The van der Waals surface area contributed by atoms with Crippen molar-refractivity contribution < 1.29 is 5.48 Å². The lowest BCUT2D eigenvalue weighted by Gasteiger charge is -2.33. The Labute approximate surface area is 65.1 Å². The second-order valence-corrected chi connectivity index (χ2v) is 4.13. The number of hydrogen-bond acceptors (Lipinski definition) is 0. The van der Waals surface area contributed by atoms with Crippen LogP contribution >= 0.6 is 0 Å². The van der Waals surface area contributed by atoms with Gasteiger partial charge in [-0.05, 0) is 17.3 Å². The molecule has 2 N–H and O–H groups in total. The third kappa shape index (κ3) is 2.70. The second kappa shape index (κ2) is 3.97. The van der Waals surface area contributed by atoms with Crippen LogP contribution in [-0.4, -0.2) is 5.48 Å². The first kappa shape index (κ1) is 12.6. The summed E-state index contributed by atoms with van der Waals surface area (Å²) >= 11 is 0. The molecule has 0 aliphatic carbocycles. The molecule has 0 aliphatic rings. The van der Waals surface area contributed by atoms with Gasteiger partial charge in [0.05, 0.1) is 0 Å². The first-order valence-corrected chi connectivity index (χ1v) is 3.89. The van der Waals surface area contributed by atoms with Gasteiger partial charge in [-0.15, -0.1) is 0 Å². The number of hydrogen-bond donors (Lipinski definition) is 0. The van der Waals surface area contributed by atoms with Crippen molar-refractivity contribution in [3.63, 3.8) is 0 Å². The third-order valence-corrected chi connectivity index (χ3v) is 2.98. The van der Waals surface area contributed by atoms with Crippen molar-refractivity contribution in [1.29, 1.82) is 0 Å². The molecule has 0 rings (SSSR count). The fourth-order valence-corrected chi connectivity index (χ4v) is 0.667. The van der Waals surface area contributed by atoms with E-state index in [-0.39, 0.29) is 5.48 Å². The molecule has 0 radical (unpaired) electrons. The summed E-state index contributed by atoms with van der Waals surface area (Å²) in [4.78, 5) is 0. The maximum Gasteiger partial charge on any atom is -0.0308 e. The molecule has 0 unspecified atom stereocenters. The van der Waals surface area contributed by atoms with Crippen molar-refractivity contribution >= 4 is 0 Å². The zero-order chi connectivity index (χ0) is 7.65. The normalized spacial score (nSPS) is 12.0. The summed E-state index contributed by atoms with van der Waals surface area (Å²) in [7, 11) is 0. The van der Waals surface area contributed by atoms with Gasteiger partial charge in [0.2, 0.25) is 0 Å². The Hall–Kier alpha value is -0.0400. The lowest BCUT2D eigenvalue weighted by Crippen LogP contribution is -2.25. The molecule has 0 atom stereocenters. The van der Waals surface area contributed by atoms with Crippen LogP contribution in [0.2, 0.25) is 0 Å². The van der Waals surface area contributed by atoms with Gasteiger partial charge in [-0.2, -0.15) is 0 Å². The van der Waals surface area contributed by atoms with Crippen LogP contribution in [0.25, 0.3) is 0 Å². The van der Waals surface area contributed by atoms with Crippen molar-refractivity contribution in [1.82, 2.24) is 0 Å². The van der Waals surface area contributed by atoms with Gasteiger partial charge in [0.25, 0.3) is 0 Å². The fraction of sp³-hybridized carbons (Fsp3) is 1.00. The predicted octanol–water partition coefficient (Wildman–Crippen LogP) is 2.50. The minimum Gasteiger partial charge on any atom is -0.412 e. The van der Waals surface area contributed by atoms with Crippen LogP contribution in [0, 0.1) is 17.3 Å². The highest BCUT2D eigenvalue weighted by molar-refractivity contribution is 4.75. The topological polar surface area (TPSA) is 31.5 Å². The zero-order valence-corrected chi connectivity index (χ0v) is 8.15. The molecular formula is C9H22O. The Morgan fingerprint density at radius 2 is 1.00 bits per heavy atom. The van der Waals surface area contributed by atoms with Crippen LogP contribution in [0.3, 0.4) is 0 Å². The van der Waals surface area contributed by atoms with Crippen molar-refractivity contribution in [3.8, 4) is 0 Å². The van der Waals surface area contributed by atoms with Crippen LogP contribution in [0.5, 0.6) is 0 Å². The monoisotopic (exact) mass is 146 g/mol.